The van der Waals surface area contributed by atoms with Crippen LogP contribution in [0.3, 0.4) is 0 Å². The Morgan fingerprint density at radius 1 is 1.08 bits per heavy atom. The van der Waals surface area contributed by atoms with Gasteiger partial charge in [0, 0.05) is 29.1 Å². The summed E-state index contributed by atoms with van der Waals surface area (Å²) in [7, 11) is 0. The molecule has 1 unspecified atom stereocenters. The summed E-state index contributed by atoms with van der Waals surface area (Å²) in [5, 5.41) is 1.40. The maximum absolute atomic E-state index is 6.13. The molecule has 0 fully saturated rings. The Kier molecular flexibility index (Phi) is 6.02. The summed E-state index contributed by atoms with van der Waals surface area (Å²) >= 11 is 13.9. The van der Waals surface area contributed by atoms with Crippen LogP contribution in [0.25, 0.3) is 6.08 Å². The van der Waals surface area contributed by atoms with Crippen molar-refractivity contribution in [2.45, 2.75) is 16.7 Å². The molecule has 122 valence electrons. The van der Waals surface area contributed by atoms with E-state index in [1.165, 1.54) is 5.56 Å². The van der Waals surface area contributed by atoms with Gasteiger partial charge in [-0.25, -0.2) is 4.98 Å². The van der Waals surface area contributed by atoms with Crippen LogP contribution in [-0.2, 0) is 6.54 Å². The zero-order valence-electron chi connectivity index (χ0n) is 12.8. The molecular weight excluding hydrogens is 359 g/mol. The first-order chi connectivity index (χ1) is 11.7. The summed E-state index contributed by atoms with van der Waals surface area (Å²) in [5.41, 5.74) is 1.18. The predicted octanol–water partition coefficient (Wildman–Crippen LogP) is 6.06. The number of benzene rings is 2. The minimum Gasteiger partial charge on any atom is -0.336 e. The molecular formula is C19H16Cl2N2S. The van der Waals surface area contributed by atoms with Crippen LogP contribution in [-0.4, -0.2) is 14.8 Å². The van der Waals surface area contributed by atoms with E-state index in [4.69, 9.17) is 23.2 Å². The van der Waals surface area contributed by atoms with Crippen molar-refractivity contribution in [2.24, 2.45) is 0 Å². The number of aromatic nitrogens is 2. The van der Waals surface area contributed by atoms with Crippen molar-refractivity contribution in [3.05, 3.63) is 88.9 Å². The summed E-state index contributed by atoms with van der Waals surface area (Å²) in [6.45, 7) is 0.828. The molecule has 0 bridgehead atoms. The van der Waals surface area contributed by atoms with Crippen molar-refractivity contribution in [3.8, 4) is 0 Å². The Labute approximate surface area is 156 Å². The molecule has 0 N–H and O–H groups in total. The Balaban J connectivity index is 1.78. The van der Waals surface area contributed by atoms with Gasteiger partial charge in [0.05, 0.1) is 16.4 Å². The Morgan fingerprint density at radius 2 is 1.92 bits per heavy atom. The average molecular weight is 375 g/mol. The molecule has 0 spiro atoms. The minimum atomic E-state index is 0.247. The molecule has 0 radical (unpaired) electrons. The molecule has 0 aliphatic rings. The van der Waals surface area contributed by atoms with Gasteiger partial charge in [-0.2, -0.15) is 0 Å². The molecule has 0 aliphatic carbocycles. The van der Waals surface area contributed by atoms with Crippen molar-refractivity contribution in [3.63, 3.8) is 0 Å². The standard InChI is InChI=1S/C19H16Cl2N2S/c20-18-9-8-16(12-19(18)21)24-17(13-23-11-10-22-14-23)7-6-15-4-2-1-3-5-15/h1-12,14,17H,13H2/b7-6+. The van der Waals surface area contributed by atoms with Crippen LogP contribution in [0.1, 0.15) is 5.56 Å². The summed E-state index contributed by atoms with van der Waals surface area (Å²) in [6.07, 6.45) is 9.95. The second-order valence-electron chi connectivity index (χ2n) is 5.26. The molecule has 3 aromatic rings. The fraction of sp³-hybridized carbons (Fsp3) is 0.105. The van der Waals surface area contributed by atoms with E-state index in [2.05, 4.69) is 33.8 Å². The number of hydrogen-bond donors (Lipinski definition) is 0. The van der Waals surface area contributed by atoms with Crippen LogP contribution in [0.4, 0.5) is 0 Å². The summed E-state index contributed by atoms with van der Waals surface area (Å²) in [4.78, 5) is 5.21. The number of halogens is 2. The number of thioether (sulfide) groups is 1. The molecule has 1 aromatic heterocycles. The van der Waals surface area contributed by atoms with Crippen molar-refractivity contribution in [1.82, 2.24) is 9.55 Å². The lowest BCUT2D eigenvalue weighted by atomic mass is 10.2. The van der Waals surface area contributed by atoms with Crippen molar-refractivity contribution in [1.29, 1.82) is 0 Å². The van der Waals surface area contributed by atoms with Crippen LogP contribution in [0.2, 0.25) is 10.0 Å². The quantitative estimate of drug-likeness (QED) is 0.487. The second-order valence-corrected chi connectivity index (χ2v) is 7.39. The lowest BCUT2D eigenvalue weighted by molar-refractivity contribution is 0.720. The SMILES string of the molecule is Clc1ccc(SC(/C=C/c2ccccc2)Cn2ccnc2)cc1Cl. The molecule has 0 amide bonds. The number of imidazole rings is 1. The third-order valence-electron chi connectivity index (χ3n) is 3.43. The summed E-state index contributed by atoms with van der Waals surface area (Å²) in [6, 6.07) is 16.0. The minimum absolute atomic E-state index is 0.247. The molecule has 0 aliphatic heterocycles. The largest absolute Gasteiger partial charge is 0.336 e. The fourth-order valence-corrected chi connectivity index (χ4v) is 3.70. The van der Waals surface area contributed by atoms with Crippen LogP contribution < -0.4 is 0 Å². The second kappa shape index (κ2) is 8.43. The molecule has 24 heavy (non-hydrogen) atoms. The van der Waals surface area contributed by atoms with Gasteiger partial charge < -0.3 is 4.57 Å². The van der Waals surface area contributed by atoms with E-state index in [0.29, 0.717) is 10.0 Å². The molecule has 1 atom stereocenters. The van der Waals surface area contributed by atoms with E-state index >= 15 is 0 Å². The van der Waals surface area contributed by atoms with Gasteiger partial charge in [0.15, 0.2) is 0 Å². The van der Waals surface area contributed by atoms with Gasteiger partial charge in [-0.3, -0.25) is 0 Å². The smallest absolute Gasteiger partial charge is 0.0946 e. The van der Waals surface area contributed by atoms with Crippen LogP contribution >= 0.6 is 35.0 Å². The highest BCUT2D eigenvalue weighted by atomic mass is 35.5. The van der Waals surface area contributed by atoms with E-state index in [9.17, 15) is 0 Å². The molecule has 1 heterocycles. The van der Waals surface area contributed by atoms with E-state index in [-0.39, 0.29) is 5.25 Å². The highest BCUT2D eigenvalue weighted by molar-refractivity contribution is 8.00. The van der Waals surface area contributed by atoms with Crippen molar-refractivity contribution >= 4 is 41.0 Å². The molecule has 5 heteroatoms. The monoisotopic (exact) mass is 374 g/mol. The number of nitrogens with zero attached hydrogens (tertiary/aromatic N) is 2. The van der Waals surface area contributed by atoms with Gasteiger partial charge in [0.25, 0.3) is 0 Å². The van der Waals surface area contributed by atoms with Gasteiger partial charge in [-0.15, -0.1) is 11.8 Å². The van der Waals surface area contributed by atoms with Gasteiger partial charge in [-0.1, -0.05) is 65.7 Å². The first-order valence-corrected chi connectivity index (χ1v) is 9.15. The first kappa shape index (κ1) is 17.2. The fourth-order valence-electron chi connectivity index (χ4n) is 2.25. The molecule has 0 saturated carbocycles. The number of hydrogen-bond acceptors (Lipinski definition) is 2. The highest BCUT2D eigenvalue weighted by Crippen LogP contribution is 2.31. The van der Waals surface area contributed by atoms with E-state index in [0.717, 1.165) is 11.4 Å². The van der Waals surface area contributed by atoms with Crippen LogP contribution in [0.15, 0.2) is 78.2 Å². The van der Waals surface area contributed by atoms with Gasteiger partial charge >= 0.3 is 0 Å². The summed E-state index contributed by atoms with van der Waals surface area (Å²) in [5.74, 6) is 0. The Bertz CT molecular complexity index is 801. The molecule has 2 aromatic carbocycles. The van der Waals surface area contributed by atoms with Gasteiger partial charge in [0.2, 0.25) is 0 Å². The average Bonchev–Trinajstić information content (AvgIpc) is 3.10. The highest BCUT2D eigenvalue weighted by Gasteiger charge is 2.10. The lowest BCUT2D eigenvalue weighted by Gasteiger charge is -2.14. The first-order valence-electron chi connectivity index (χ1n) is 7.51. The van der Waals surface area contributed by atoms with E-state index in [1.54, 1.807) is 18.0 Å². The van der Waals surface area contributed by atoms with Gasteiger partial charge in [0.1, 0.15) is 0 Å². The maximum atomic E-state index is 6.13. The topological polar surface area (TPSA) is 17.8 Å². The van der Waals surface area contributed by atoms with Crippen LogP contribution in [0.5, 0.6) is 0 Å². The maximum Gasteiger partial charge on any atom is 0.0946 e. The van der Waals surface area contributed by atoms with E-state index in [1.807, 2.05) is 48.9 Å². The zero-order chi connectivity index (χ0) is 16.8. The predicted molar refractivity (Wildman–Crippen MR) is 104 cm³/mol. The third-order valence-corrected chi connectivity index (χ3v) is 5.31. The zero-order valence-corrected chi connectivity index (χ0v) is 15.2. The summed E-state index contributed by atoms with van der Waals surface area (Å²) < 4.78 is 2.07. The Hall–Kier alpha value is -1.68. The molecule has 3 rings (SSSR count). The van der Waals surface area contributed by atoms with Gasteiger partial charge in [-0.05, 0) is 23.8 Å². The van der Waals surface area contributed by atoms with Crippen LogP contribution in [0, 0.1) is 0 Å². The lowest BCUT2D eigenvalue weighted by Crippen LogP contribution is -2.09. The normalized spacial score (nSPS) is 12.6. The number of rotatable bonds is 6. The Morgan fingerprint density at radius 3 is 2.62 bits per heavy atom. The molecule has 2 nitrogen and oxygen atoms in total. The molecule has 0 saturated heterocycles. The third kappa shape index (κ3) is 4.91. The van der Waals surface area contributed by atoms with E-state index < -0.39 is 0 Å². The van der Waals surface area contributed by atoms with Crippen molar-refractivity contribution in [2.75, 3.05) is 0 Å². The van der Waals surface area contributed by atoms with Crippen molar-refractivity contribution < 1.29 is 0 Å².